The Morgan fingerprint density at radius 2 is 1.75 bits per heavy atom. The van der Waals surface area contributed by atoms with Gasteiger partial charge in [0.15, 0.2) is 5.16 Å². The third-order valence-electron chi connectivity index (χ3n) is 3.63. The Hall–Kier alpha value is -2.35. The molecule has 1 aromatic carbocycles. The smallest absolute Gasteiger partial charge is 0.261 e. The molecule has 0 aliphatic carbocycles. The van der Waals surface area contributed by atoms with Crippen LogP contribution in [0.5, 0.6) is 0 Å². The normalized spacial score (nSPS) is 11.0. The number of aryl methyl sites for hydroxylation is 1. The first-order valence-corrected chi connectivity index (χ1v) is 8.61. The topological polar surface area (TPSA) is 62.5 Å². The first-order valence-electron chi connectivity index (χ1n) is 7.62. The largest absolute Gasteiger partial charge is 0.348 e. The quantitative estimate of drug-likeness (QED) is 0.658. The van der Waals surface area contributed by atoms with Crippen LogP contribution in [0.15, 0.2) is 29.4 Å². The van der Waals surface area contributed by atoms with Crippen LogP contribution in [0.2, 0.25) is 0 Å². The van der Waals surface area contributed by atoms with Crippen LogP contribution in [0.4, 0.5) is 11.9 Å². The van der Waals surface area contributed by atoms with Crippen LogP contribution < -0.4 is 9.80 Å². The average molecular weight is 343 g/mol. The summed E-state index contributed by atoms with van der Waals surface area (Å²) in [5, 5.41) is 9.33. The van der Waals surface area contributed by atoms with Crippen LogP contribution in [0, 0.1) is 6.92 Å². The number of anilines is 2. The van der Waals surface area contributed by atoms with E-state index in [0.29, 0.717) is 11.7 Å². The van der Waals surface area contributed by atoms with E-state index in [0.717, 1.165) is 16.9 Å². The fourth-order valence-corrected chi connectivity index (χ4v) is 3.27. The maximum Gasteiger partial charge on any atom is 0.261 e. The van der Waals surface area contributed by atoms with Gasteiger partial charge in [-0.3, -0.25) is 0 Å². The molecule has 0 fully saturated rings. The Balaban J connectivity index is 1.98. The Morgan fingerprint density at radius 1 is 1.00 bits per heavy atom. The van der Waals surface area contributed by atoms with Crippen molar-refractivity contribution in [3.8, 4) is 0 Å². The summed E-state index contributed by atoms with van der Waals surface area (Å²) in [6.07, 6.45) is 0. The lowest BCUT2D eigenvalue weighted by Crippen LogP contribution is -2.20. The Morgan fingerprint density at radius 3 is 2.42 bits per heavy atom. The lowest BCUT2D eigenvalue weighted by atomic mass is 10.1. The summed E-state index contributed by atoms with van der Waals surface area (Å²) in [7, 11) is 7.74. The van der Waals surface area contributed by atoms with Gasteiger partial charge in [0.25, 0.3) is 5.78 Å². The summed E-state index contributed by atoms with van der Waals surface area (Å²) in [5.74, 6) is 2.77. The van der Waals surface area contributed by atoms with Gasteiger partial charge in [-0.1, -0.05) is 36.0 Å². The number of fused-ring (bicyclic) bond motifs is 1. The molecule has 0 radical (unpaired) electrons. The first kappa shape index (κ1) is 16.5. The summed E-state index contributed by atoms with van der Waals surface area (Å²) < 4.78 is 1.90. The first-order chi connectivity index (χ1) is 11.5. The van der Waals surface area contributed by atoms with Crippen LogP contribution >= 0.6 is 11.8 Å². The van der Waals surface area contributed by atoms with Gasteiger partial charge in [-0.15, -0.1) is 10.2 Å². The molecule has 0 unspecified atom stereocenters. The van der Waals surface area contributed by atoms with Gasteiger partial charge in [0.05, 0.1) is 0 Å². The molecule has 7 nitrogen and oxygen atoms in total. The molecule has 0 aliphatic rings. The Labute approximate surface area is 145 Å². The van der Waals surface area contributed by atoms with Gasteiger partial charge in [-0.05, 0) is 18.1 Å². The number of benzene rings is 1. The molecule has 126 valence electrons. The minimum absolute atomic E-state index is 0.560. The fraction of sp³-hybridized carbons (Fsp3) is 0.375. The van der Waals surface area contributed by atoms with Gasteiger partial charge in [0, 0.05) is 33.9 Å². The number of hydrogen-bond donors (Lipinski definition) is 0. The molecule has 0 spiro atoms. The van der Waals surface area contributed by atoms with Crippen LogP contribution in [-0.4, -0.2) is 52.8 Å². The Bertz CT molecular complexity index is 857. The van der Waals surface area contributed by atoms with E-state index in [4.69, 9.17) is 0 Å². The molecule has 0 saturated heterocycles. The Kier molecular flexibility index (Phi) is 4.57. The van der Waals surface area contributed by atoms with E-state index in [2.05, 4.69) is 51.4 Å². The van der Waals surface area contributed by atoms with Crippen molar-refractivity contribution in [2.75, 3.05) is 38.0 Å². The van der Waals surface area contributed by atoms with Crippen molar-refractivity contribution in [1.82, 2.24) is 24.6 Å². The van der Waals surface area contributed by atoms with Crippen LogP contribution in [0.1, 0.15) is 11.1 Å². The molecule has 3 rings (SSSR count). The lowest BCUT2D eigenvalue weighted by Gasteiger charge is -2.17. The maximum atomic E-state index is 4.62. The van der Waals surface area contributed by atoms with Crippen LogP contribution in [0.3, 0.4) is 0 Å². The molecule has 2 heterocycles. The average Bonchev–Trinajstić information content (AvgIpc) is 2.96. The zero-order valence-corrected chi connectivity index (χ0v) is 15.4. The third-order valence-corrected chi connectivity index (χ3v) is 4.61. The molecule has 0 bridgehead atoms. The fourth-order valence-electron chi connectivity index (χ4n) is 2.27. The minimum atomic E-state index is 0.560. The molecule has 0 saturated carbocycles. The van der Waals surface area contributed by atoms with Crippen molar-refractivity contribution in [1.29, 1.82) is 0 Å². The second-order valence-corrected chi connectivity index (χ2v) is 6.89. The zero-order valence-electron chi connectivity index (χ0n) is 14.6. The van der Waals surface area contributed by atoms with E-state index >= 15 is 0 Å². The summed E-state index contributed by atoms with van der Waals surface area (Å²) in [5.41, 5.74) is 2.56. The van der Waals surface area contributed by atoms with Gasteiger partial charge >= 0.3 is 0 Å². The van der Waals surface area contributed by atoms with Crippen molar-refractivity contribution >= 4 is 29.4 Å². The molecule has 8 heteroatoms. The van der Waals surface area contributed by atoms with E-state index in [1.807, 2.05) is 42.4 Å². The molecule has 0 atom stereocenters. The number of rotatable bonds is 5. The number of thioether (sulfide) groups is 1. The number of nitrogens with zero attached hydrogens (tertiary/aromatic N) is 7. The summed E-state index contributed by atoms with van der Waals surface area (Å²) in [6, 6.07) is 8.37. The van der Waals surface area contributed by atoms with Crippen molar-refractivity contribution < 1.29 is 0 Å². The van der Waals surface area contributed by atoms with E-state index in [-0.39, 0.29) is 0 Å². The molecule has 0 amide bonds. The summed E-state index contributed by atoms with van der Waals surface area (Å²) in [6.45, 7) is 2.12. The molecule has 2 aromatic heterocycles. The van der Waals surface area contributed by atoms with E-state index in [1.54, 1.807) is 11.8 Å². The molecule has 0 aliphatic heterocycles. The monoisotopic (exact) mass is 343 g/mol. The highest BCUT2D eigenvalue weighted by atomic mass is 32.2. The number of hydrogen-bond acceptors (Lipinski definition) is 7. The van der Waals surface area contributed by atoms with Gasteiger partial charge in [-0.25, -0.2) is 4.40 Å². The van der Waals surface area contributed by atoms with Crippen LogP contribution in [0.25, 0.3) is 5.78 Å². The SMILES string of the molecule is Cc1ccccc1CSc1nnc2nc(N(C)C)nc(N(C)C)n12. The van der Waals surface area contributed by atoms with E-state index < -0.39 is 0 Å². The van der Waals surface area contributed by atoms with Gasteiger partial charge in [0.2, 0.25) is 11.9 Å². The highest BCUT2D eigenvalue weighted by molar-refractivity contribution is 7.98. The minimum Gasteiger partial charge on any atom is -0.348 e. The predicted octanol–water partition coefficient (Wildman–Crippen LogP) is 2.25. The van der Waals surface area contributed by atoms with E-state index in [1.165, 1.54) is 11.1 Å². The third kappa shape index (κ3) is 3.14. The second kappa shape index (κ2) is 6.64. The van der Waals surface area contributed by atoms with Crippen molar-refractivity contribution in [3.63, 3.8) is 0 Å². The molecular formula is C16H21N7S. The molecule has 0 N–H and O–H groups in total. The van der Waals surface area contributed by atoms with Crippen molar-refractivity contribution in [2.24, 2.45) is 0 Å². The standard InChI is InChI=1S/C16H21N7S/c1-11-8-6-7-9-12(11)10-24-16-20-19-14-17-13(21(2)3)18-15(22(4)5)23(14)16/h6-9H,10H2,1-5H3. The summed E-state index contributed by atoms with van der Waals surface area (Å²) >= 11 is 1.64. The van der Waals surface area contributed by atoms with Gasteiger partial charge in [0.1, 0.15) is 0 Å². The summed E-state index contributed by atoms with van der Waals surface area (Å²) in [4.78, 5) is 12.9. The van der Waals surface area contributed by atoms with Gasteiger partial charge in [-0.2, -0.15) is 9.97 Å². The number of aromatic nitrogens is 5. The lowest BCUT2D eigenvalue weighted by molar-refractivity contribution is 0.845. The predicted molar refractivity (Wildman–Crippen MR) is 98.0 cm³/mol. The maximum absolute atomic E-state index is 4.62. The van der Waals surface area contributed by atoms with Gasteiger partial charge < -0.3 is 9.80 Å². The molecule has 24 heavy (non-hydrogen) atoms. The van der Waals surface area contributed by atoms with Crippen molar-refractivity contribution in [3.05, 3.63) is 35.4 Å². The zero-order chi connectivity index (χ0) is 17.3. The second-order valence-electron chi connectivity index (χ2n) is 5.95. The van der Waals surface area contributed by atoms with Crippen molar-refractivity contribution in [2.45, 2.75) is 17.8 Å². The highest BCUT2D eigenvalue weighted by Crippen LogP contribution is 2.26. The van der Waals surface area contributed by atoms with Crippen LogP contribution in [-0.2, 0) is 5.75 Å². The molecular weight excluding hydrogens is 322 g/mol. The highest BCUT2D eigenvalue weighted by Gasteiger charge is 2.17. The van der Waals surface area contributed by atoms with E-state index in [9.17, 15) is 0 Å². The molecule has 3 aromatic rings.